The molecule has 13 aromatic rings. The highest BCUT2D eigenvalue weighted by Gasteiger charge is 2.26. The molecule has 0 bridgehead atoms. The molecule has 13 rings (SSSR count). The summed E-state index contributed by atoms with van der Waals surface area (Å²) in [6.45, 7) is 0. The van der Waals surface area contributed by atoms with Crippen LogP contribution in [0.4, 0.5) is 22.7 Å². The molecule has 4 N–H and O–H groups in total. The number of aromatic amines is 2. The molecule has 0 fully saturated rings. The summed E-state index contributed by atoms with van der Waals surface area (Å²) < 4.78 is 6.21. The second-order valence-corrected chi connectivity index (χ2v) is 15.4. The first-order chi connectivity index (χ1) is 31.2. The smallest absolute Gasteiger partial charge is 0.239 e. The fourth-order valence-electron chi connectivity index (χ4n) is 8.74. The third-order valence-corrected chi connectivity index (χ3v) is 11.6. The molecule has 0 aliphatic heterocycles. The number of anilines is 4. The highest BCUT2D eigenvalue weighted by atomic mass is 15.2. The van der Waals surface area contributed by atoms with E-state index < -0.39 is 0 Å². The van der Waals surface area contributed by atoms with E-state index in [1.807, 2.05) is 53.2 Å². The van der Waals surface area contributed by atoms with Gasteiger partial charge in [-0.15, -0.1) is 0 Å². The average Bonchev–Trinajstić information content (AvgIpc) is 4.20. The fraction of sp³-hybridized carbons (Fsp3) is 0. The van der Waals surface area contributed by atoms with Crippen molar-refractivity contribution in [2.24, 2.45) is 0 Å². The summed E-state index contributed by atoms with van der Waals surface area (Å²) in [6.07, 6.45) is 15.8. The van der Waals surface area contributed by atoms with Crippen molar-refractivity contribution in [1.29, 1.82) is 0 Å². The van der Waals surface area contributed by atoms with Gasteiger partial charge in [-0.1, -0.05) is 60.7 Å². The second-order valence-electron chi connectivity index (χ2n) is 15.4. The normalized spacial score (nSPS) is 11.8. The largest absolute Gasteiger partial charge is 0.359 e. The standard InChI is InChI=1S/C50H33N13/c1-3-12-32(13-4-1)61-26-36(40(28-61)55-38-16-7-10-30-20-24-51-42(30)38)44-34-18-19-35-45(58-50-60-48(47-53-22-9-23-54-47)59-49(57-44)63(50)46(34)35)37-27-62(33-14-5-2-6-15-33)29-41(37)56-39-17-8-11-31-21-25-52-43(31)39/h1-29,51-52,55-56H. The van der Waals surface area contributed by atoms with Gasteiger partial charge in [0.2, 0.25) is 17.4 Å². The lowest BCUT2D eigenvalue weighted by atomic mass is 10.1. The molecule has 0 spiro atoms. The third-order valence-electron chi connectivity index (χ3n) is 11.6. The van der Waals surface area contributed by atoms with Crippen molar-refractivity contribution in [2.75, 3.05) is 10.6 Å². The highest BCUT2D eigenvalue weighted by molar-refractivity contribution is 6.13. The number of aromatic nitrogens is 11. The van der Waals surface area contributed by atoms with Crippen LogP contribution in [0.2, 0.25) is 0 Å². The lowest BCUT2D eigenvalue weighted by Gasteiger charge is -2.15. The van der Waals surface area contributed by atoms with Gasteiger partial charge in [-0.3, -0.25) is 0 Å². The Kier molecular flexibility index (Phi) is 7.57. The van der Waals surface area contributed by atoms with Crippen molar-refractivity contribution in [2.45, 2.75) is 0 Å². The van der Waals surface area contributed by atoms with Gasteiger partial charge < -0.3 is 29.7 Å². The number of fused-ring (bicyclic) bond motifs is 2. The van der Waals surface area contributed by atoms with Crippen LogP contribution in [0.25, 0.3) is 95.2 Å². The molecule has 0 radical (unpaired) electrons. The summed E-state index contributed by atoms with van der Waals surface area (Å²) in [5, 5.41) is 11.6. The summed E-state index contributed by atoms with van der Waals surface area (Å²) in [6, 6.07) is 43.3. The lowest BCUT2D eigenvalue weighted by molar-refractivity contribution is 1.00. The molecular weight excluding hydrogens is 783 g/mol. The van der Waals surface area contributed by atoms with Crippen LogP contribution in [0.5, 0.6) is 0 Å². The summed E-state index contributed by atoms with van der Waals surface area (Å²) in [5.41, 5.74) is 11.9. The maximum absolute atomic E-state index is 5.37. The fourth-order valence-corrected chi connectivity index (χ4v) is 8.74. The van der Waals surface area contributed by atoms with Crippen LogP contribution in [0.15, 0.2) is 177 Å². The number of H-pyrrole nitrogens is 2. The molecule has 63 heavy (non-hydrogen) atoms. The van der Waals surface area contributed by atoms with Gasteiger partial charge >= 0.3 is 0 Å². The van der Waals surface area contributed by atoms with Gasteiger partial charge in [0.25, 0.3) is 0 Å². The second kappa shape index (κ2) is 13.7. The van der Waals surface area contributed by atoms with Crippen LogP contribution in [-0.4, -0.2) is 53.4 Å². The number of hydrogen-bond acceptors (Lipinski definition) is 8. The summed E-state index contributed by atoms with van der Waals surface area (Å²) >= 11 is 0. The molecule has 298 valence electrons. The predicted molar refractivity (Wildman–Crippen MR) is 248 cm³/mol. The average molecular weight is 816 g/mol. The van der Waals surface area contributed by atoms with E-state index in [1.165, 1.54) is 0 Å². The number of hydrogen-bond donors (Lipinski definition) is 4. The molecule has 0 atom stereocenters. The number of nitrogens with one attached hydrogen (secondary N) is 4. The van der Waals surface area contributed by atoms with Crippen molar-refractivity contribution >= 4 is 72.4 Å². The summed E-state index contributed by atoms with van der Waals surface area (Å²) in [7, 11) is 0. The van der Waals surface area contributed by atoms with Gasteiger partial charge in [0.1, 0.15) is 0 Å². The van der Waals surface area contributed by atoms with Crippen LogP contribution in [0.1, 0.15) is 0 Å². The van der Waals surface area contributed by atoms with Crippen LogP contribution >= 0.6 is 0 Å². The molecule has 8 heterocycles. The number of rotatable bonds is 9. The van der Waals surface area contributed by atoms with Gasteiger partial charge in [0.15, 0.2) is 5.82 Å². The van der Waals surface area contributed by atoms with E-state index in [4.69, 9.17) is 19.9 Å². The molecular formula is C50H33N13. The Morgan fingerprint density at radius 2 is 0.937 bits per heavy atom. The minimum atomic E-state index is 0.318. The molecule has 0 aliphatic carbocycles. The number of benzene rings is 4. The van der Waals surface area contributed by atoms with E-state index in [1.54, 1.807) is 18.5 Å². The van der Waals surface area contributed by atoms with E-state index >= 15 is 0 Å². The van der Waals surface area contributed by atoms with E-state index in [9.17, 15) is 0 Å². The first-order valence-electron chi connectivity index (χ1n) is 20.5. The zero-order valence-corrected chi connectivity index (χ0v) is 33.3. The summed E-state index contributed by atoms with van der Waals surface area (Å²) in [5.74, 6) is 1.53. The van der Waals surface area contributed by atoms with Crippen molar-refractivity contribution in [3.8, 4) is 45.5 Å². The van der Waals surface area contributed by atoms with Crippen molar-refractivity contribution < 1.29 is 0 Å². The van der Waals surface area contributed by atoms with E-state index in [2.05, 4.69) is 149 Å². The highest BCUT2D eigenvalue weighted by Crippen LogP contribution is 2.44. The molecule has 0 aliphatic rings. The Balaban J connectivity index is 1.08. The maximum atomic E-state index is 5.37. The molecule has 0 amide bonds. The third kappa shape index (κ3) is 5.64. The Hall–Kier alpha value is -9.10. The quantitative estimate of drug-likeness (QED) is 0.113. The van der Waals surface area contributed by atoms with E-state index in [0.717, 1.165) is 94.7 Å². The Morgan fingerprint density at radius 1 is 0.429 bits per heavy atom. The molecule has 5 aromatic carbocycles. The molecule has 13 nitrogen and oxygen atoms in total. The van der Waals surface area contributed by atoms with Gasteiger partial charge in [-0.25, -0.2) is 24.3 Å². The molecule has 0 saturated heterocycles. The molecule has 8 aromatic heterocycles. The SMILES string of the molecule is c1ccc(-n2cc(Nc3cccc4cc[nH]c34)c(-c3nc4nc(-c5ncccn5)nc5nc(-c6cn(-c7ccccc7)cc6Nc6cccc7cc[nH]c67)c6ccc3c6n45)c2)cc1. The van der Waals surface area contributed by atoms with Crippen LogP contribution in [0.3, 0.4) is 0 Å². The molecule has 0 saturated carbocycles. The van der Waals surface area contributed by atoms with Crippen LogP contribution in [-0.2, 0) is 0 Å². The van der Waals surface area contributed by atoms with E-state index in [-0.39, 0.29) is 0 Å². The van der Waals surface area contributed by atoms with Crippen molar-refractivity contribution in [1.82, 2.24) is 53.4 Å². The van der Waals surface area contributed by atoms with Gasteiger partial charge in [-0.05, 0) is 66.7 Å². The van der Waals surface area contributed by atoms with Crippen molar-refractivity contribution in [3.05, 3.63) is 177 Å². The predicted octanol–water partition coefficient (Wildman–Crippen LogP) is 11.1. The number of nitrogens with zero attached hydrogens (tertiary/aromatic N) is 9. The van der Waals surface area contributed by atoms with Gasteiger partial charge in [0, 0.05) is 93.6 Å². The molecule has 13 heteroatoms. The maximum Gasteiger partial charge on any atom is 0.239 e. The van der Waals surface area contributed by atoms with E-state index in [0.29, 0.717) is 23.2 Å². The number of para-hydroxylation sites is 4. The van der Waals surface area contributed by atoms with Crippen LogP contribution < -0.4 is 10.6 Å². The van der Waals surface area contributed by atoms with Gasteiger partial charge in [-0.2, -0.15) is 9.97 Å². The van der Waals surface area contributed by atoms with Gasteiger partial charge in [0.05, 0.1) is 50.7 Å². The first kappa shape index (κ1) is 34.7. The first-order valence-corrected chi connectivity index (χ1v) is 20.5. The monoisotopic (exact) mass is 815 g/mol. The zero-order valence-electron chi connectivity index (χ0n) is 33.3. The minimum Gasteiger partial charge on any atom is -0.359 e. The summed E-state index contributed by atoms with van der Waals surface area (Å²) in [4.78, 5) is 36.8. The van der Waals surface area contributed by atoms with Crippen molar-refractivity contribution in [3.63, 3.8) is 0 Å². The molecule has 0 unspecified atom stereocenters. The Labute approximate surface area is 357 Å². The Bertz CT molecular complexity index is 3580. The lowest BCUT2D eigenvalue weighted by Crippen LogP contribution is -2.09. The Morgan fingerprint density at radius 3 is 1.44 bits per heavy atom. The van der Waals surface area contributed by atoms with Crippen LogP contribution in [0, 0.1) is 0 Å². The topological polar surface area (TPSA) is 147 Å². The minimum absolute atomic E-state index is 0.318. The zero-order chi connectivity index (χ0) is 41.4.